The molecule has 0 fully saturated rings. The van der Waals surface area contributed by atoms with Gasteiger partial charge in [0, 0.05) is 10.0 Å². The number of methoxy groups -OCH3 is 1. The maximum atomic E-state index is 11.2. The molecule has 0 atom stereocenters. The summed E-state index contributed by atoms with van der Waals surface area (Å²) in [6.45, 7) is 0.145. The molecule has 4 nitrogen and oxygen atoms in total. The Bertz CT molecular complexity index is 673. The maximum absolute atomic E-state index is 11.2. The van der Waals surface area contributed by atoms with Crippen molar-refractivity contribution in [2.75, 3.05) is 7.11 Å². The van der Waals surface area contributed by atoms with Crippen LogP contribution in [0, 0.1) is 0 Å². The van der Waals surface area contributed by atoms with Crippen molar-refractivity contribution in [3.63, 3.8) is 0 Å². The van der Waals surface area contributed by atoms with Crippen LogP contribution in [0.3, 0.4) is 0 Å². The van der Waals surface area contributed by atoms with E-state index in [1.165, 1.54) is 6.07 Å². The number of hydrogen-bond donors (Lipinski definition) is 1. The Labute approximate surface area is 135 Å². The lowest BCUT2D eigenvalue weighted by molar-refractivity contribution is 0.0691. The van der Waals surface area contributed by atoms with E-state index in [2.05, 4.69) is 15.9 Å². The third-order valence-corrected chi connectivity index (χ3v) is 3.60. The summed E-state index contributed by atoms with van der Waals surface area (Å²) in [6, 6.07) is 10.1. The highest BCUT2D eigenvalue weighted by Crippen LogP contribution is 2.31. The van der Waals surface area contributed by atoms with Crippen LogP contribution in [0.25, 0.3) is 0 Å². The second-order valence-corrected chi connectivity index (χ2v) is 5.49. The Morgan fingerprint density at radius 3 is 2.76 bits per heavy atom. The molecule has 0 saturated carbocycles. The fourth-order valence-electron chi connectivity index (χ4n) is 1.83. The van der Waals surface area contributed by atoms with Crippen molar-refractivity contribution in [2.45, 2.75) is 6.61 Å². The standard InChI is InChI=1S/C15H12BrClO4/c1-20-13-6-5-10(16)7-9(13)8-21-14-11(15(18)19)3-2-4-12(14)17/h2-7H,8H2,1H3,(H,18,19). The quantitative estimate of drug-likeness (QED) is 0.847. The third kappa shape index (κ3) is 3.68. The van der Waals surface area contributed by atoms with E-state index < -0.39 is 5.97 Å². The average molecular weight is 372 g/mol. The first-order valence-electron chi connectivity index (χ1n) is 6.00. The predicted molar refractivity (Wildman–Crippen MR) is 83.4 cm³/mol. The van der Waals surface area contributed by atoms with Crippen LogP contribution in [0.15, 0.2) is 40.9 Å². The topological polar surface area (TPSA) is 55.8 Å². The molecule has 0 aliphatic heterocycles. The number of hydrogen-bond acceptors (Lipinski definition) is 3. The van der Waals surface area contributed by atoms with Gasteiger partial charge in [-0.1, -0.05) is 33.6 Å². The molecular formula is C15H12BrClO4. The zero-order chi connectivity index (χ0) is 15.4. The SMILES string of the molecule is COc1ccc(Br)cc1COc1c(Cl)cccc1C(=O)O. The molecule has 0 radical (unpaired) electrons. The van der Waals surface area contributed by atoms with Gasteiger partial charge >= 0.3 is 5.97 Å². The summed E-state index contributed by atoms with van der Waals surface area (Å²) in [5.41, 5.74) is 0.805. The fraction of sp³-hybridized carbons (Fsp3) is 0.133. The number of carboxylic acid groups (broad SMARTS) is 1. The molecule has 2 rings (SSSR count). The van der Waals surface area contributed by atoms with E-state index in [1.807, 2.05) is 12.1 Å². The second-order valence-electron chi connectivity index (χ2n) is 4.17. The molecule has 0 aliphatic carbocycles. The Balaban J connectivity index is 2.28. The van der Waals surface area contributed by atoms with E-state index >= 15 is 0 Å². The summed E-state index contributed by atoms with van der Waals surface area (Å²) in [6.07, 6.45) is 0. The van der Waals surface area contributed by atoms with Gasteiger partial charge in [-0.3, -0.25) is 0 Å². The number of ether oxygens (including phenoxy) is 2. The maximum Gasteiger partial charge on any atom is 0.339 e. The van der Waals surface area contributed by atoms with Crippen LogP contribution < -0.4 is 9.47 Å². The van der Waals surface area contributed by atoms with Crippen molar-refractivity contribution in [3.05, 3.63) is 57.0 Å². The zero-order valence-electron chi connectivity index (χ0n) is 11.1. The molecule has 0 unspecified atom stereocenters. The normalized spacial score (nSPS) is 10.2. The highest BCUT2D eigenvalue weighted by Gasteiger charge is 2.15. The lowest BCUT2D eigenvalue weighted by Crippen LogP contribution is -2.05. The Morgan fingerprint density at radius 2 is 2.10 bits per heavy atom. The van der Waals surface area contributed by atoms with Crippen LogP contribution in [0.5, 0.6) is 11.5 Å². The summed E-state index contributed by atoms with van der Waals surface area (Å²) in [7, 11) is 1.56. The van der Waals surface area contributed by atoms with Crippen molar-refractivity contribution in [1.29, 1.82) is 0 Å². The van der Waals surface area contributed by atoms with Gasteiger partial charge in [0.25, 0.3) is 0 Å². The minimum atomic E-state index is -1.09. The number of rotatable bonds is 5. The Hall–Kier alpha value is -1.72. The third-order valence-electron chi connectivity index (χ3n) is 2.81. The monoisotopic (exact) mass is 370 g/mol. The lowest BCUT2D eigenvalue weighted by atomic mass is 10.2. The average Bonchev–Trinajstić information content (AvgIpc) is 2.45. The highest BCUT2D eigenvalue weighted by molar-refractivity contribution is 9.10. The molecule has 2 aromatic rings. The van der Waals surface area contributed by atoms with E-state index in [0.29, 0.717) is 5.75 Å². The van der Waals surface area contributed by atoms with Crippen LogP contribution in [0.1, 0.15) is 15.9 Å². The van der Waals surface area contributed by atoms with Gasteiger partial charge in [-0.2, -0.15) is 0 Å². The summed E-state index contributed by atoms with van der Waals surface area (Å²) in [5, 5.41) is 9.41. The van der Waals surface area contributed by atoms with Crippen LogP contribution in [0.4, 0.5) is 0 Å². The zero-order valence-corrected chi connectivity index (χ0v) is 13.4. The van der Waals surface area contributed by atoms with E-state index in [9.17, 15) is 4.79 Å². The predicted octanol–water partition coefficient (Wildman–Crippen LogP) is 4.39. The molecule has 0 amide bonds. The van der Waals surface area contributed by atoms with Crippen LogP contribution in [-0.2, 0) is 6.61 Å². The molecule has 0 heterocycles. The number of carbonyl (C=O) groups is 1. The van der Waals surface area contributed by atoms with Crippen LogP contribution >= 0.6 is 27.5 Å². The minimum Gasteiger partial charge on any atom is -0.496 e. The summed E-state index contributed by atoms with van der Waals surface area (Å²) < 4.78 is 11.7. The van der Waals surface area contributed by atoms with Crippen molar-refractivity contribution in [3.8, 4) is 11.5 Å². The number of halogens is 2. The summed E-state index contributed by atoms with van der Waals surface area (Å²) >= 11 is 9.39. The Kier molecular flexibility index (Phi) is 5.09. The first kappa shape index (κ1) is 15.7. The van der Waals surface area contributed by atoms with Gasteiger partial charge in [0.05, 0.1) is 12.1 Å². The van der Waals surface area contributed by atoms with Crippen molar-refractivity contribution < 1.29 is 19.4 Å². The fourth-order valence-corrected chi connectivity index (χ4v) is 2.47. The van der Waals surface area contributed by atoms with E-state index in [-0.39, 0.29) is 22.9 Å². The molecule has 0 aromatic heterocycles. The van der Waals surface area contributed by atoms with E-state index in [4.69, 9.17) is 26.2 Å². The molecule has 0 saturated heterocycles. The smallest absolute Gasteiger partial charge is 0.339 e. The molecule has 0 bridgehead atoms. The van der Waals surface area contributed by atoms with Gasteiger partial charge in [-0.05, 0) is 30.3 Å². The molecule has 110 valence electrons. The number of carboxylic acids is 1. The Morgan fingerprint density at radius 1 is 1.33 bits per heavy atom. The minimum absolute atomic E-state index is 0.0245. The van der Waals surface area contributed by atoms with Crippen molar-refractivity contribution in [2.24, 2.45) is 0 Å². The largest absolute Gasteiger partial charge is 0.496 e. The first-order chi connectivity index (χ1) is 10.0. The van der Waals surface area contributed by atoms with Crippen molar-refractivity contribution in [1.82, 2.24) is 0 Å². The number of para-hydroxylation sites is 1. The molecule has 21 heavy (non-hydrogen) atoms. The summed E-state index contributed by atoms with van der Waals surface area (Å²) in [4.78, 5) is 11.2. The molecule has 1 N–H and O–H groups in total. The van der Waals surface area contributed by atoms with Gasteiger partial charge in [-0.25, -0.2) is 4.79 Å². The summed E-state index contributed by atoms with van der Waals surface area (Å²) in [5.74, 6) is -0.287. The van der Waals surface area contributed by atoms with E-state index in [1.54, 1.807) is 25.3 Å². The lowest BCUT2D eigenvalue weighted by Gasteiger charge is -2.13. The van der Waals surface area contributed by atoms with Gasteiger partial charge < -0.3 is 14.6 Å². The molecule has 6 heteroatoms. The number of aromatic carboxylic acids is 1. The second kappa shape index (κ2) is 6.83. The van der Waals surface area contributed by atoms with E-state index in [0.717, 1.165) is 10.0 Å². The number of benzene rings is 2. The van der Waals surface area contributed by atoms with Crippen LogP contribution in [-0.4, -0.2) is 18.2 Å². The first-order valence-corrected chi connectivity index (χ1v) is 7.17. The van der Waals surface area contributed by atoms with Gasteiger partial charge in [0.15, 0.2) is 5.75 Å². The molecule has 0 aliphatic rings. The highest BCUT2D eigenvalue weighted by atomic mass is 79.9. The van der Waals surface area contributed by atoms with Gasteiger partial charge in [0.1, 0.15) is 17.9 Å². The van der Waals surface area contributed by atoms with Crippen molar-refractivity contribution >= 4 is 33.5 Å². The van der Waals surface area contributed by atoms with Crippen LogP contribution in [0.2, 0.25) is 5.02 Å². The molecule has 0 spiro atoms. The van der Waals surface area contributed by atoms with Gasteiger partial charge in [-0.15, -0.1) is 0 Å². The van der Waals surface area contributed by atoms with Gasteiger partial charge in [0.2, 0.25) is 0 Å². The molecule has 2 aromatic carbocycles. The molecular weight excluding hydrogens is 360 g/mol.